The van der Waals surface area contributed by atoms with Gasteiger partial charge in [0, 0.05) is 29.5 Å². The highest BCUT2D eigenvalue weighted by Crippen LogP contribution is 2.23. The van der Waals surface area contributed by atoms with Crippen LogP contribution < -0.4 is 9.62 Å². The van der Waals surface area contributed by atoms with E-state index in [9.17, 15) is 18.0 Å². The smallest absolute Gasteiger partial charge is 0.242 e. The molecular formula is C26H36BrN3O4S. The first-order valence-corrected chi connectivity index (χ1v) is 14.2. The average molecular weight is 567 g/mol. The average Bonchev–Trinajstić information content (AvgIpc) is 2.73. The van der Waals surface area contributed by atoms with Crippen LogP contribution in [0.3, 0.4) is 0 Å². The summed E-state index contributed by atoms with van der Waals surface area (Å²) in [5.74, 6) is -0.446. The minimum Gasteiger partial charge on any atom is -0.350 e. The molecule has 0 spiro atoms. The van der Waals surface area contributed by atoms with Crippen molar-refractivity contribution in [1.29, 1.82) is 0 Å². The van der Waals surface area contributed by atoms with Crippen LogP contribution in [0.2, 0.25) is 0 Å². The maximum Gasteiger partial charge on any atom is 0.242 e. The maximum atomic E-state index is 13.3. The van der Waals surface area contributed by atoms with Gasteiger partial charge in [0.05, 0.1) is 11.9 Å². The predicted molar refractivity (Wildman–Crippen MR) is 145 cm³/mol. The van der Waals surface area contributed by atoms with Gasteiger partial charge in [0.15, 0.2) is 0 Å². The molecule has 0 saturated heterocycles. The molecule has 0 aliphatic heterocycles. The number of anilines is 1. The number of hydrogen-bond acceptors (Lipinski definition) is 4. The van der Waals surface area contributed by atoms with E-state index in [0.717, 1.165) is 15.6 Å². The van der Waals surface area contributed by atoms with Gasteiger partial charge in [-0.05, 0) is 70.4 Å². The third-order valence-electron chi connectivity index (χ3n) is 5.44. The molecule has 1 N–H and O–H groups in total. The molecule has 0 aromatic heterocycles. The number of aryl methyl sites for hydroxylation is 1. The molecule has 0 aliphatic rings. The number of benzene rings is 2. The first-order valence-electron chi connectivity index (χ1n) is 11.6. The van der Waals surface area contributed by atoms with Gasteiger partial charge >= 0.3 is 0 Å². The molecule has 2 aromatic carbocycles. The molecule has 35 heavy (non-hydrogen) atoms. The molecule has 0 aliphatic carbocycles. The number of carbonyl (C=O) groups is 2. The minimum absolute atomic E-state index is 0.110. The van der Waals surface area contributed by atoms with Gasteiger partial charge in [0.1, 0.15) is 6.04 Å². The highest BCUT2D eigenvalue weighted by atomic mass is 79.9. The zero-order chi connectivity index (χ0) is 26.4. The summed E-state index contributed by atoms with van der Waals surface area (Å²) in [4.78, 5) is 27.8. The summed E-state index contributed by atoms with van der Waals surface area (Å²) < 4.78 is 27.2. The Kier molecular flexibility index (Phi) is 9.92. The number of sulfonamides is 1. The van der Waals surface area contributed by atoms with Crippen LogP contribution in [-0.4, -0.2) is 49.5 Å². The Balaban J connectivity index is 2.20. The van der Waals surface area contributed by atoms with Crippen molar-refractivity contribution in [2.45, 2.75) is 65.6 Å². The molecule has 2 amide bonds. The molecule has 0 heterocycles. The van der Waals surface area contributed by atoms with Crippen LogP contribution >= 0.6 is 15.9 Å². The lowest BCUT2D eigenvalue weighted by Gasteiger charge is -2.32. The number of hydrogen-bond donors (Lipinski definition) is 1. The monoisotopic (exact) mass is 565 g/mol. The van der Waals surface area contributed by atoms with Crippen molar-refractivity contribution in [1.82, 2.24) is 10.2 Å². The standard InChI is InChI=1S/C26H36BrN3O4S/c1-19-11-7-8-14-23(19)30(35(6,33)34)16-10-15-24(31)29(18-21-12-9-13-22(27)17-21)20(2)25(32)28-26(3,4)5/h7-9,11-14,17,20H,10,15-16,18H2,1-6H3,(H,28,32)/t20-/m1/s1. The molecular weight excluding hydrogens is 530 g/mol. The number of rotatable bonds is 10. The molecule has 0 bridgehead atoms. The van der Waals surface area contributed by atoms with Crippen LogP contribution in [0.5, 0.6) is 0 Å². The van der Waals surface area contributed by atoms with Crippen molar-refractivity contribution in [3.63, 3.8) is 0 Å². The van der Waals surface area contributed by atoms with E-state index in [1.54, 1.807) is 24.0 Å². The van der Waals surface area contributed by atoms with Crippen LogP contribution in [0.25, 0.3) is 0 Å². The van der Waals surface area contributed by atoms with Gasteiger partial charge in [0.2, 0.25) is 21.8 Å². The van der Waals surface area contributed by atoms with E-state index < -0.39 is 21.6 Å². The first kappa shape index (κ1) is 28.8. The normalized spacial score (nSPS) is 12.7. The molecule has 1 atom stereocenters. The third kappa shape index (κ3) is 8.96. The topological polar surface area (TPSA) is 86.8 Å². The van der Waals surface area contributed by atoms with E-state index in [4.69, 9.17) is 0 Å². The van der Waals surface area contributed by atoms with Crippen molar-refractivity contribution in [3.8, 4) is 0 Å². The number of halogens is 1. The molecule has 192 valence electrons. The summed E-state index contributed by atoms with van der Waals surface area (Å²) in [5.41, 5.74) is 1.90. The van der Waals surface area contributed by atoms with E-state index in [2.05, 4.69) is 21.2 Å². The van der Waals surface area contributed by atoms with E-state index in [0.29, 0.717) is 12.1 Å². The molecule has 9 heteroatoms. The lowest BCUT2D eigenvalue weighted by molar-refractivity contribution is -0.141. The summed E-state index contributed by atoms with van der Waals surface area (Å²) >= 11 is 3.45. The highest BCUT2D eigenvalue weighted by molar-refractivity contribution is 9.10. The van der Waals surface area contributed by atoms with Crippen molar-refractivity contribution < 1.29 is 18.0 Å². The quantitative estimate of drug-likeness (QED) is 0.454. The second-order valence-electron chi connectivity index (χ2n) is 9.79. The van der Waals surface area contributed by atoms with Crippen LogP contribution in [0.1, 0.15) is 51.7 Å². The number of amides is 2. The number of nitrogens with zero attached hydrogens (tertiary/aromatic N) is 2. The molecule has 7 nitrogen and oxygen atoms in total. The van der Waals surface area contributed by atoms with Crippen LogP contribution in [0, 0.1) is 6.92 Å². The Hall–Kier alpha value is -2.39. The Morgan fingerprint density at radius 2 is 1.74 bits per heavy atom. The summed E-state index contributed by atoms with van der Waals surface area (Å²) in [7, 11) is -3.52. The number of carbonyl (C=O) groups excluding carboxylic acids is 2. The van der Waals surface area contributed by atoms with Gasteiger partial charge < -0.3 is 10.2 Å². The van der Waals surface area contributed by atoms with Crippen molar-refractivity contribution in [2.24, 2.45) is 0 Å². The van der Waals surface area contributed by atoms with Gasteiger partial charge in [-0.1, -0.05) is 46.3 Å². The van der Waals surface area contributed by atoms with E-state index >= 15 is 0 Å². The largest absolute Gasteiger partial charge is 0.350 e. The molecule has 0 saturated carbocycles. The molecule has 0 unspecified atom stereocenters. The van der Waals surface area contributed by atoms with Crippen molar-refractivity contribution in [2.75, 3.05) is 17.1 Å². The molecule has 0 radical (unpaired) electrons. The minimum atomic E-state index is -3.52. The Bertz CT molecular complexity index is 1150. The number of para-hydroxylation sites is 1. The Labute approximate surface area is 218 Å². The summed E-state index contributed by atoms with van der Waals surface area (Å²) in [6, 6.07) is 14.2. The molecule has 2 rings (SSSR count). The van der Waals surface area contributed by atoms with Crippen molar-refractivity contribution >= 4 is 43.5 Å². The van der Waals surface area contributed by atoms with Gasteiger partial charge in [-0.3, -0.25) is 13.9 Å². The fourth-order valence-electron chi connectivity index (χ4n) is 3.71. The zero-order valence-corrected chi connectivity index (χ0v) is 23.7. The first-order chi connectivity index (χ1) is 16.2. The van der Waals surface area contributed by atoms with Crippen LogP contribution in [-0.2, 0) is 26.2 Å². The second kappa shape index (κ2) is 12.0. The summed E-state index contributed by atoms with van der Waals surface area (Å²) in [5, 5.41) is 2.94. The van der Waals surface area contributed by atoms with Gasteiger partial charge in [0.25, 0.3) is 0 Å². The fourth-order valence-corrected chi connectivity index (χ4v) is 5.18. The third-order valence-corrected chi connectivity index (χ3v) is 7.12. The van der Waals surface area contributed by atoms with Crippen molar-refractivity contribution in [3.05, 3.63) is 64.1 Å². The number of nitrogens with one attached hydrogen (secondary N) is 1. The highest BCUT2D eigenvalue weighted by Gasteiger charge is 2.28. The lowest BCUT2D eigenvalue weighted by atomic mass is 10.1. The van der Waals surface area contributed by atoms with Crippen LogP contribution in [0.15, 0.2) is 53.0 Å². The van der Waals surface area contributed by atoms with Gasteiger partial charge in [-0.25, -0.2) is 8.42 Å². The van der Waals surface area contributed by atoms with E-state index in [1.165, 1.54) is 10.6 Å². The zero-order valence-electron chi connectivity index (χ0n) is 21.3. The molecule has 2 aromatic rings. The Morgan fingerprint density at radius 3 is 2.31 bits per heavy atom. The second-order valence-corrected chi connectivity index (χ2v) is 12.6. The van der Waals surface area contributed by atoms with Gasteiger partial charge in [-0.2, -0.15) is 0 Å². The summed E-state index contributed by atoms with van der Waals surface area (Å²) in [6.07, 6.45) is 1.60. The van der Waals surface area contributed by atoms with E-state index in [1.807, 2.05) is 64.1 Å². The fraction of sp³-hybridized carbons (Fsp3) is 0.462. The maximum absolute atomic E-state index is 13.3. The van der Waals surface area contributed by atoms with Crippen LogP contribution in [0.4, 0.5) is 5.69 Å². The lowest BCUT2D eigenvalue weighted by Crippen LogP contribution is -2.52. The van der Waals surface area contributed by atoms with Gasteiger partial charge in [-0.15, -0.1) is 0 Å². The predicted octanol–water partition coefficient (Wildman–Crippen LogP) is 4.64. The molecule has 0 fully saturated rings. The SMILES string of the molecule is Cc1ccccc1N(CCCC(=O)N(Cc1cccc(Br)c1)[C@H](C)C(=O)NC(C)(C)C)S(C)(=O)=O. The Morgan fingerprint density at radius 1 is 1.09 bits per heavy atom. The summed E-state index contributed by atoms with van der Waals surface area (Å²) in [6.45, 7) is 9.69. The van der Waals surface area contributed by atoms with E-state index in [-0.39, 0.29) is 31.3 Å².